The van der Waals surface area contributed by atoms with Gasteiger partial charge in [-0.25, -0.2) is 0 Å². The second-order valence-electron chi connectivity index (χ2n) is 2.11. The Morgan fingerprint density at radius 3 is 2.55 bits per heavy atom. The number of benzene rings is 1. The quantitative estimate of drug-likeness (QED) is 0.658. The average Bonchev–Trinajstić information content (AvgIpc) is 1.95. The molecular formula is C8H9ClO2. The summed E-state index contributed by atoms with van der Waals surface area (Å²) in [5, 5.41) is 9.07. The Morgan fingerprint density at radius 1 is 1.45 bits per heavy atom. The molecule has 1 aromatic rings. The summed E-state index contributed by atoms with van der Waals surface area (Å²) in [7, 11) is 0. The number of phenolic OH excluding ortho intramolecular Hbond substituents is 1. The van der Waals surface area contributed by atoms with Crippen LogP contribution in [0.1, 0.15) is 15.9 Å². The van der Waals surface area contributed by atoms with Crippen molar-refractivity contribution in [2.45, 2.75) is 6.92 Å². The van der Waals surface area contributed by atoms with E-state index in [-0.39, 0.29) is 18.2 Å². The Labute approximate surface area is 71.3 Å². The summed E-state index contributed by atoms with van der Waals surface area (Å²) in [6.45, 7) is 1.71. The Balaban J connectivity index is 0.000001000. The van der Waals surface area contributed by atoms with Gasteiger partial charge in [-0.15, -0.1) is 12.4 Å². The Morgan fingerprint density at radius 2 is 2.09 bits per heavy atom. The van der Waals surface area contributed by atoms with Gasteiger partial charge in [0.05, 0.1) is 0 Å². The van der Waals surface area contributed by atoms with Crippen LogP contribution < -0.4 is 0 Å². The van der Waals surface area contributed by atoms with Gasteiger partial charge in [0.15, 0.2) is 0 Å². The third kappa shape index (κ3) is 1.95. The highest BCUT2D eigenvalue weighted by Gasteiger charge is 1.98. The van der Waals surface area contributed by atoms with Gasteiger partial charge in [0.25, 0.3) is 0 Å². The summed E-state index contributed by atoms with van der Waals surface area (Å²) in [4.78, 5) is 10.3. The first kappa shape index (κ1) is 9.98. The molecule has 1 rings (SSSR count). The van der Waals surface area contributed by atoms with Gasteiger partial charge in [-0.05, 0) is 13.0 Å². The van der Waals surface area contributed by atoms with E-state index in [0.717, 1.165) is 6.29 Å². The molecule has 0 radical (unpaired) electrons. The second-order valence-corrected chi connectivity index (χ2v) is 2.11. The monoisotopic (exact) mass is 172 g/mol. The zero-order chi connectivity index (χ0) is 7.56. The molecule has 0 aliphatic rings. The maximum absolute atomic E-state index is 10.3. The lowest BCUT2D eigenvalue weighted by Gasteiger charge is -1.98. The van der Waals surface area contributed by atoms with E-state index in [0.29, 0.717) is 11.1 Å². The molecular weight excluding hydrogens is 164 g/mol. The number of hydrogen-bond acceptors (Lipinski definition) is 2. The van der Waals surface area contributed by atoms with Crippen LogP contribution in [0.4, 0.5) is 0 Å². The molecule has 11 heavy (non-hydrogen) atoms. The molecule has 3 heteroatoms. The Bertz CT molecular complexity index is 258. The summed E-state index contributed by atoms with van der Waals surface area (Å²) in [6, 6.07) is 4.87. The SMILES string of the molecule is Cc1c(O)cccc1C=O.Cl. The zero-order valence-electron chi connectivity index (χ0n) is 6.07. The molecule has 0 spiro atoms. The molecule has 0 aromatic heterocycles. The first-order chi connectivity index (χ1) is 4.75. The predicted octanol–water partition coefficient (Wildman–Crippen LogP) is 1.93. The number of carbonyl (C=O) groups is 1. The van der Waals surface area contributed by atoms with E-state index in [1.54, 1.807) is 25.1 Å². The molecule has 0 unspecified atom stereocenters. The topological polar surface area (TPSA) is 37.3 Å². The molecule has 2 nitrogen and oxygen atoms in total. The van der Waals surface area contributed by atoms with Crippen molar-refractivity contribution in [3.63, 3.8) is 0 Å². The first-order valence-electron chi connectivity index (χ1n) is 2.99. The first-order valence-corrected chi connectivity index (χ1v) is 2.99. The molecule has 0 atom stereocenters. The van der Waals surface area contributed by atoms with Crippen molar-refractivity contribution in [1.29, 1.82) is 0 Å². The van der Waals surface area contributed by atoms with Crippen molar-refractivity contribution in [2.24, 2.45) is 0 Å². The Kier molecular flexibility index (Phi) is 3.61. The number of hydrogen-bond donors (Lipinski definition) is 1. The zero-order valence-corrected chi connectivity index (χ0v) is 6.89. The molecule has 0 aliphatic heterocycles. The number of phenols is 1. The van der Waals surface area contributed by atoms with Gasteiger partial charge in [-0.3, -0.25) is 4.79 Å². The van der Waals surface area contributed by atoms with Crippen molar-refractivity contribution in [2.75, 3.05) is 0 Å². The minimum absolute atomic E-state index is 0. The van der Waals surface area contributed by atoms with Crippen molar-refractivity contribution in [1.82, 2.24) is 0 Å². The fraction of sp³-hybridized carbons (Fsp3) is 0.125. The lowest BCUT2D eigenvalue weighted by molar-refractivity contribution is 0.112. The number of aromatic hydroxyl groups is 1. The maximum Gasteiger partial charge on any atom is 0.150 e. The lowest BCUT2D eigenvalue weighted by atomic mass is 10.1. The molecule has 60 valence electrons. The van der Waals surface area contributed by atoms with E-state index in [1.165, 1.54) is 0 Å². The van der Waals surface area contributed by atoms with Gasteiger partial charge in [0.2, 0.25) is 0 Å². The van der Waals surface area contributed by atoms with Gasteiger partial charge < -0.3 is 5.11 Å². The smallest absolute Gasteiger partial charge is 0.150 e. The number of rotatable bonds is 1. The maximum atomic E-state index is 10.3. The van der Waals surface area contributed by atoms with E-state index in [2.05, 4.69) is 0 Å². The molecule has 0 saturated heterocycles. The highest BCUT2D eigenvalue weighted by atomic mass is 35.5. The predicted molar refractivity (Wildman–Crippen MR) is 45.5 cm³/mol. The molecule has 0 aliphatic carbocycles. The molecule has 0 fully saturated rings. The van der Waals surface area contributed by atoms with Crippen molar-refractivity contribution in [3.8, 4) is 5.75 Å². The largest absolute Gasteiger partial charge is 0.508 e. The van der Waals surface area contributed by atoms with Crippen LogP contribution in [0.3, 0.4) is 0 Å². The Hall–Kier alpha value is -1.02. The fourth-order valence-electron chi connectivity index (χ4n) is 0.768. The van der Waals surface area contributed by atoms with Crippen LogP contribution in [0.25, 0.3) is 0 Å². The van der Waals surface area contributed by atoms with E-state index >= 15 is 0 Å². The van der Waals surface area contributed by atoms with Gasteiger partial charge in [-0.2, -0.15) is 0 Å². The minimum Gasteiger partial charge on any atom is -0.508 e. The molecule has 0 bridgehead atoms. The molecule has 0 amide bonds. The third-order valence-electron chi connectivity index (χ3n) is 1.47. The molecule has 0 heterocycles. The molecule has 1 N–H and O–H groups in total. The summed E-state index contributed by atoms with van der Waals surface area (Å²) in [5.74, 6) is 0.171. The molecule has 1 aromatic carbocycles. The van der Waals surface area contributed by atoms with Crippen molar-refractivity contribution < 1.29 is 9.90 Å². The van der Waals surface area contributed by atoms with Crippen LogP contribution >= 0.6 is 12.4 Å². The lowest BCUT2D eigenvalue weighted by Crippen LogP contribution is -1.84. The van der Waals surface area contributed by atoms with Crippen molar-refractivity contribution >= 4 is 18.7 Å². The van der Waals surface area contributed by atoms with Crippen LogP contribution in [-0.4, -0.2) is 11.4 Å². The van der Waals surface area contributed by atoms with E-state index < -0.39 is 0 Å². The third-order valence-corrected chi connectivity index (χ3v) is 1.47. The normalized spacial score (nSPS) is 8.45. The molecule has 0 saturated carbocycles. The number of carbonyl (C=O) groups excluding carboxylic acids is 1. The van der Waals surface area contributed by atoms with Gasteiger partial charge >= 0.3 is 0 Å². The standard InChI is InChI=1S/C8H8O2.ClH/c1-6-7(5-9)3-2-4-8(6)10;/h2-5,10H,1H3;1H. The van der Waals surface area contributed by atoms with Crippen molar-refractivity contribution in [3.05, 3.63) is 29.3 Å². The van der Waals surface area contributed by atoms with Crippen LogP contribution in [0.15, 0.2) is 18.2 Å². The van der Waals surface area contributed by atoms with Crippen LogP contribution in [0.2, 0.25) is 0 Å². The summed E-state index contributed by atoms with van der Waals surface area (Å²) >= 11 is 0. The fourth-order valence-corrected chi connectivity index (χ4v) is 0.768. The minimum atomic E-state index is 0. The number of halogens is 1. The highest BCUT2D eigenvalue weighted by molar-refractivity contribution is 5.85. The summed E-state index contributed by atoms with van der Waals surface area (Å²) in [6.07, 6.45) is 0.731. The van der Waals surface area contributed by atoms with E-state index in [4.69, 9.17) is 5.11 Å². The van der Waals surface area contributed by atoms with Crippen LogP contribution in [0, 0.1) is 6.92 Å². The highest BCUT2D eigenvalue weighted by Crippen LogP contribution is 2.17. The average molecular weight is 173 g/mol. The number of aldehydes is 1. The van der Waals surface area contributed by atoms with E-state index in [1.807, 2.05) is 0 Å². The summed E-state index contributed by atoms with van der Waals surface area (Å²) < 4.78 is 0. The van der Waals surface area contributed by atoms with Gasteiger partial charge in [0.1, 0.15) is 12.0 Å². The van der Waals surface area contributed by atoms with Gasteiger partial charge in [0, 0.05) is 11.1 Å². The summed E-state index contributed by atoms with van der Waals surface area (Å²) in [5.41, 5.74) is 1.18. The van der Waals surface area contributed by atoms with Crippen LogP contribution in [0.5, 0.6) is 5.75 Å². The van der Waals surface area contributed by atoms with Crippen LogP contribution in [-0.2, 0) is 0 Å². The van der Waals surface area contributed by atoms with E-state index in [9.17, 15) is 4.79 Å². The second kappa shape index (κ2) is 3.98. The van der Waals surface area contributed by atoms with Gasteiger partial charge in [-0.1, -0.05) is 12.1 Å².